The molecule has 1 heterocycles. The van der Waals surface area contributed by atoms with Crippen molar-refractivity contribution in [2.45, 2.75) is 13.8 Å². The van der Waals surface area contributed by atoms with Gasteiger partial charge in [-0.3, -0.25) is 4.57 Å². The number of aromatic nitrogens is 2. The SMILES string of the molecule is CNc1nc(C)cn1-c1cc(Cl)ccc1C. The Morgan fingerprint density at radius 1 is 1.31 bits per heavy atom. The monoisotopic (exact) mass is 235 g/mol. The van der Waals surface area contributed by atoms with Gasteiger partial charge >= 0.3 is 0 Å². The zero-order valence-corrected chi connectivity index (χ0v) is 10.3. The molecule has 0 fully saturated rings. The molecule has 0 spiro atoms. The summed E-state index contributed by atoms with van der Waals surface area (Å²) in [7, 11) is 1.86. The first kappa shape index (κ1) is 11.0. The molecular formula is C12H14ClN3. The number of hydrogen-bond donors (Lipinski definition) is 1. The van der Waals surface area contributed by atoms with Crippen LogP contribution in [0.4, 0.5) is 5.95 Å². The van der Waals surface area contributed by atoms with Crippen molar-refractivity contribution in [3.05, 3.63) is 40.7 Å². The Morgan fingerprint density at radius 3 is 2.75 bits per heavy atom. The summed E-state index contributed by atoms with van der Waals surface area (Å²) in [5.74, 6) is 0.822. The third kappa shape index (κ3) is 1.91. The van der Waals surface area contributed by atoms with Gasteiger partial charge in [0, 0.05) is 18.3 Å². The average Bonchev–Trinajstić information content (AvgIpc) is 2.63. The molecule has 16 heavy (non-hydrogen) atoms. The molecule has 0 saturated heterocycles. The molecule has 0 radical (unpaired) electrons. The number of rotatable bonds is 2. The fourth-order valence-electron chi connectivity index (χ4n) is 1.70. The van der Waals surface area contributed by atoms with Crippen molar-refractivity contribution in [3.8, 4) is 5.69 Å². The van der Waals surface area contributed by atoms with Crippen LogP contribution in [0.25, 0.3) is 5.69 Å². The van der Waals surface area contributed by atoms with E-state index in [1.807, 2.05) is 42.9 Å². The fraction of sp³-hybridized carbons (Fsp3) is 0.250. The van der Waals surface area contributed by atoms with Crippen LogP contribution < -0.4 is 5.32 Å². The second kappa shape index (κ2) is 4.18. The summed E-state index contributed by atoms with van der Waals surface area (Å²) in [6.07, 6.45) is 1.99. The van der Waals surface area contributed by atoms with Gasteiger partial charge < -0.3 is 5.32 Å². The molecular weight excluding hydrogens is 222 g/mol. The Balaban J connectivity index is 2.61. The van der Waals surface area contributed by atoms with E-state index in [2.05, 4.69) is 17.2 Å². The van der Waals surface area contributed by atoms with E-state index >= 15 is 0 Å². The molecule has 0 amide bonds. The molecule has 2 aromatic rings. The summed E-state index contributed by atoms with van der Waals surface area (Å²) in [5.41, 5.74) is 3.19. The van der Waals surface area contributed by atoms with E-state index in [1.54, 1.807) is 0 Å². The standard InChI is InChI=1S/C12H14ClN3/c1-8-4-5-10(13)6-11(8)16-7-9(2)15-12(16)14-3/h4-7H,1-3H3,(H,14,15). The number of hydrogen-bond acceptors (Lipinski definition) is 2. The highest BCUT2D eigenvalue weighted by atomic mass is 35.5. The lowest BCUT2D eigenvalue weighted by Gasteiger charge is -2.10. The van der Waals surface area contributed by atoms with E-state index in [-0.39, 0.29) is 0 Å². The minimum Gasteiger partial charge on any atom is -0.358 e. The van der Waals surface area contributed by atoms with Crippen LogP contribution in [0.3, 0.4) is 0 Å². The van der Waals surface area contributed by atoms with E-state index in [9.17, 15) is 0 Å². The summed E-state index contributed by atoms with van der Waals surface area (Å²) < 4.78 is 2.01. The first-order chi connectivity index (χ1) is 7.61. The van der Waals surface area contributed by atoms with Crippen LogP contribution >= 0.6 is 11.6 Å². The smallest absolute Gasteiger partial charge is 0.207 e. The topological polar surface area (TPSA) is 29.9 Å². The molecule has 0 unspecified atom stereocenters. The highest BCUT2D eigenvalue weighted by molar-refractivity contribution is 6.30. The third-order valence-corrected chi connectivity index (χ3v) is 2.72. The van der Waals surface area contributed by atoms with Gasteiger partial charge in [0.05, 0.1) is 11.4 Å². The summed E-state index contributed by atoms with van der Waals surface area (Å²) in [6.45, 7) is 4.03. The minimum atomic E-state index is 0.731. The molecule has 84 valence electrons. The van der Waals surface area contributed by atoms with Crippen LogP contribution in [-0.4, -0.2) is 16.6 Å². The predicted molar refractivity (Wildman–Crippen MR) is 67.6 cm³/mol. The van der Waals surface area contributed by atoms with Gasteiger partial charge in [0.1, 0.15) is 0 Å². The first-order valence-corrected chi connectivity index (χ1v) is 5.50. The number of nitrogens with zero attached hydrogens (tertiary/aromatic N) is 2. The van der Waals surface area contributed by atoms with E-state index in [0.717, 1.165) is 22.4 Å². The molecule has 0 atom stereocenters. The number of anilines is 1. The lowest BCUT2D eigenvalue weighted by Crippen LogP contribution is -2.02. The summed E-state index contributed by atoms with van der Waals surface area (Å²) in [6, 6.07) is 5.84. The van der Waals surface area contributed by atoms with Crippen LogP contribution in [0.2, 0.25) is 5.02 Å². The van der Waals surface area contributed by atoms with E-state index < -0.39 is 0 Å². The molecule has 4 heteroatoms. The van der Waals surface area contributed by atoms with Crippen molar-refractivity contribution in [3.63, 3.8) is 0 Å². The van der Waals surface area contributed by atoms with Gasteiger partial charge in [-0.1, -0.05) is 17.7 Å². The normalized spacial score (nSPS) is 10.5. The Kier molecular flexibility index (Phi) is 2.88. The third-order valence-electron chi connectivity index (χ3n) is 2.48. The zero-order valence-electron chi connectivity index (χ0n) is 9.58. The molecule has 0 bridgehead atoms. The molecule has 0 aliphatic carbocycles. The molecule has 1 N–H and O–H groups in total. The fourth-order valence-corrected chi connectivity index (χ4v) is 1.87. The second-order valence-electron chi connectivity index (χ2n) is 3.76. The largest absolute Gasteiger partial charge is 0.358 e. The lowest BCUT2D eigenvalue weighted by atomic mass is 10.2. The van der Waals surface area contributed by atoms with Crippen molar-refractivity contribution in [1.29, 1.82) is 0 Å². The van der Waals surface area contributed by atoms with Crippen molar-refractivity contribution in [1.82, 2.24) is 9.55 Å². The molecule has 2 rings (SSSR count). The van der Waals surface area contributed by atoms with Gasteiger partial charge in [0.2, 0.25) is 5.95 Å². The van der Waals surface area contributed by atoms with Gasteiger partial charge in [-0.2, -0.15) is 0 Å². The van der Waals surface area contributed by atoms with Crippen molar-refractivity contribution in [2.75, 3.05) is 12.4 Å². The molecule has 3 nitrogen and oxygen atoms in total. The maximum atomic E-state index is 6.01. The van der Waals surface area contributed by atoms with E-state index in [0.29, 0.717) is 0 Å². The quantitative estimate of drug-likeness (QED) is 0.867. The first-order valence-electron chi connectivity index (χ1n) is 5.12. The van der Waals surface area contributed by atoms with Crippen molar-refractivity contribution >= 4 is 17.5 Å². The number of benzene rings is 1. The summed E-state index contributed by atoms with van der Waals surface area (Å²) >= 11 is 6.01. The number of halogens is 1. The Labute approximate surface area is 100 Å². The maximum absolute atomic E-state index is 6.01. The summed E-state index contributed by atoms with van der Waals surface area (Å²) in [5, 5.41) is 3.80. The Bertz CT molecular complexity index is 517. The second-order valence-corrected chi connectivity index (χ2v) is 4.19. The van der Waals surface area contributed by atoms with Gasteiger partial charge in [-0.15, -0.1) is 0 Å². The van der Waals surface area contributed by atoms with Crippen LogP contribution in [-0.2, 0) is 0 Å². The highest BCUT2D eigenvalue weighted by Gasteiger charge is 2.08. The number of imidazole rings is 1. The molecule has 0 saturated carbocycles. The van der Waals surface area contributed by atoms with Crippen LogP contribution in [0, 0.1) is 13.8 Å². The minimum absolute atomic E-state index is 0.731. The van der Waals surface area contributed by atoms with Crippen LogP contribution in [0.15, 0.2) is 24.4 Å². The molecule has 0 aliphatic heterocycles. The maximum Gasteiger partial charge on any atom is 0.207 e. The summed E-state index contributed by atoms with van der Waals surface area (Å²) in [4.78, 5) is 4.39. The van der Waals surface area contributed by atoms with Crippen LogP contribution in [0.1, 0.15) is 11.3 Å². The van der Waals surface area contributed by atoms with Gasteiger partial charge in [0.15, 0.2) is 0 Å². The predicted octanol–water partition coefficient (Wildman–Crippen LogP) is 3.18. The van der Waals surface area contributed by atoms with Crippen molar-refractivity contribution < 1.29 is 0 Å². The molecule has 0 aliphatic rings. The molecule has 1 aromatic carbocycles. The highest BCUT2D eigenvalue weighted by Crippen LogP contribution is 2.23. The van der Waals surface area contributed by atoms with Gasteiger partial charge in [0.25, 0.3) is 0 Å². The van der Waals surface area contributed by atoms with Crippen LogP contribution in [0.5, 0.6) is 0 Å². The lowest BCUT2D eigenvalue weighted by molar-refractivity contribution is 1.04. The Hall–Kier alpha value is -1.48. The zero-order chi connectivity index (χ0) is 11.7. The Morgan fingerprint density at radius 2 is 2.06 bits per heavy atom. The van der Waals surface area contributed by atoms with Crippen molar-refractivity contribution in [2.24, 2.45) is 0 Å². The van der Waals surface area contributed by atoms with E-state index in [4.69, 9.17) is 11.6 Å². The number of nitrogens with one attached hydrogen (secondary N) is 1. The van der Waals surface area contributed by atoms with Gasteiger partial charge in [-0.05, 0) is 31.5 Å². The molecule has 1 aromatic heterocycles. The number of aryl methyl sites for hydroxylation is 2. The van der Waals surface area contributed by atoms with Gasteiger partial charge in [-0.25, -0.2) is 4.98 Å². The average molecular weight is 236 g/mol. The van der Waals surface area contributed by atoms with E-state index in [1.165, 1.54) is 5.56 Å².